The molecule has 1 heterocycles. The maximum atomic E-state index is 12.6. The van der Waals surface area contributed by atoms with E-state index in [1.807, 2.05) is 28.8 Å². The van der Waals surface area contributed by atoms with Crippen LogP contribution in [0.5, 0.6) is 0 Å². The molecule has 3 rings (SSSR count). The van der Waals surface area contributed by atoms with Crippen LogP contribution in [-0.4, -0.2) is 35.7 Å². The van der Waals surface area contributed by atoms with E-state index in [-0.39, 0.29) is 18.4 Å². The third-order valence-corrected chi connectivity index (χ3v) is 5.34. The summed E-state index contributed by atoms with van der Waals surface area (Å²) in [5.41, 5.74) is 4.47. The van der Waals surface area contributed by atoms with Gasteiger partial charge in [-0.2, -0.15) is 0 Å². The number of carbonyl (C=O) groups is 1. The third kappa shape index (κ3) is 5.48. The number of aromatic nitrogens is 2. The van der Waals surface area contributed by atoms with Gasteiger partial charge in [0.1, 0.15) is 12.4 Å². The second-order valence-corrected chi connectivity index (χ2v) is 8.30. The summed E-state index contributed by atoms with van der Waals surface area (Å²) in [5.74, 6) is 1.64. The normalized spacial score (nSPS) is 12.4. The van der Waals surface area contributed by atoms with Crippen LogP contribution in [-0.2, 0) is 22.5 Å². The Labute approximate surface area is 179 Å². The summed E-state index contributed by atoms with van der Waals surface area (Å²) in [7, 11) is 1.67. The van der Waals surface area contributed by atoms with Crippen molar-refractivity contribution in [2.75, 3.05) is 20.3 Å². The number of para-hydroxylation sites is 2. The Balaban J connectivity index is 1.84. The average molecular weight is 408 g/mol. The minimum Gasteiger partial charge on any atom is -0.385 e. The lowest BCUT2D eigenvalue weighted by molar-refractivity contribution is -0.121. The minimum absolute atomic E-state index is 0.00464. The molecule has 0 aliphatic heterocycles. The van der Waals surface area contributed by atoms with Crippen molar-refractivity contribution in [2.45, 2.75) is 46.1 Å². The molecule has 1 aromatic heterocycles. The number of ether oxygens (including phenoxy) is 1. The zero-order valence-corrected chi connectivity index (χ0v) is 18.5. The third-order valence-electron chi connectivity index (χ3n) is 5.34. The summed E-state index contributed by atoms with van der Waals surface area (Å²) in [6, 6.07) is 16.8. The highest BCUT2D eigenvalue weighted by atomic mass is 16.5. The summed E-state index contributed by atoms with van der Waals surface area (Å²) in [5, 5.41) is 2.98. The molecule has 30 heavy (non-hydrogen) atoms. The first-order valence-electron chi connectivity index (χ1n) is 10.8. The van der Waals surface area contributed by atoms with Gasteiger partial charge in [-0.25, -0.2) is 4.98 Å². The van der Waals surface area contributed by atoms with Gasteiger partial charge in [0.25, 0.3) is 0 Å². The Hall–Kier alpha value is -2.66. The number of rotatable bonds is 10. The van der Waals surface area contributed by atoms with Crippen molar-refractivity contribution >= 4 is 16.9 Å². The molecule has 1 N–H and O–H groups in total. The number of nitrogens with one attached hydrogen (secondary N) is 1. The molecule has 5 heteroatoms. The molecule has 160 valence electrons. The fourth-order valence-corrected chi connectivity index (χ4v) is 3.80. The van der Waals surface area contributed by atoms with Crippen molar-refractivity contribution in [2.24, 2.45) is 5.92 Å². The molecule has 3 aromatic rings. The molecule has 1 unspecified atom stereocenters. The quantitative estimate of drug-likeness (QED) is 0.502. The molecule has 0 aliphatic carbocycles. The predicted octanol–water partition coefficient (Wildman–Crippen LogP) is 4.54. The van der Waals surface area contributed by atoms with Gasteiger partial charge in [0, 0.05) is 26.2 Å². The van der Waals surface area contributed by atoms with Gasteiger partial charge in [0.2, 0.25) is 5.91 Å². The minimum atomic E-state index is -0.00464. The summed E-state index contributed by atoms with van der Waals surface area (Å²) in [6.07, 6.45) is 1.88. The molecule has 0 saturated heterocycles. The number of imidazole rings is 1. The fourth-order valence-electron chi connectivity index (χ4n) is 3.80. The number of carbonyl (C=O) groups excluding carboxylic acids is 1. The van der Waals surface area contributed by atoms with Gasteiger partial charge in [-0.15, -0.1) is 0 Å². The number of nitrogens with zero attached hydrogens (tertiary/aromatic N) is 2. The van der Waals surface area contributed by atoms with Crippen molar-refractivity contribution in [1.29, 1.82) is 0 Å². The van der Waals surface area contributed by atoms with Gasteiger partial charge in [0.15, 0.2) is 0 Å². The van der Waals surface area contributed by atoms with Crippen LogP contribution >= 0.6 is 0 Å². The highest BCUT2D eigenvalue weighted by Gasteiger charge is 2.20. The lowest BCUT2D eigenvalue weighted by atomic mass is 9.96. The highest BCUT2D eigenvalue weighted by Crippen LogP contribution is 2.28. The van der Waals surface area contributed by atoms with Crippen LogP contribution in [0.15, 0.2) is 48.5 Å². The molecule has 0 bridgehead atoms. The van der Waals surface area contributed by atoms with Crippen molar-refractivity contribution in [1.82, 2.24) is 14.9 Å². The topological polar surface area (TPSA) is 56.1 Å². The summed E-state index contributed by atoms with van der Waals surface area (Å²) in [4.78, 5) is 17.5. The zero-order valence-electron chi connectivity index (χ0n) is 18.5. The molecule has 5 nitrogen and oxygen atoms in total. The molecule has 1 atom stereocenters. The number of fused-ring (bicyclic) bond motifs is 1. The number of hydrogen-bond acceptors (Lipinski definition) is 3. The molecule has 2 aromatic carbocycles. The van der Waals surface area contributed by atoms with E-state index < -0.39 is 0 Å². The van der Waals surface area contributed by atoms with Crippen LogP contribution in [0.3, 0.4) is 0 Å². The number of amides is 1. The zero-order chi connectivity index (χ0) is 21.5. The van der Waals surface area contributed by atoms with Crippen LogP contribution in [0.4, 0.5) is 0 Å². The highest BCUT2D eigenvalue weighted by molar-refractivity contribution is 5.81. The largest absolute Gasteiger partial charge is 0.385 e. The smallest absolute Gasteiger partial charge is 0.240 e. The molecular weight excluding hydrogens is 374 g/mol. The standard InChI is InChI=1S/C25H33N3O2/c1-18(2)16-20-10-12-21(13-11-20)19(3)25-27-22-8-5-6-9-23(22)28(25)17-24(29)26-14-7-15-30-4/h5-6,8-13,18-19H,7,14-17H2,1-4H3,(H,26,29). The van der Waals surface area contributed by atoms with Gasteiger partial charge in [-0.05, 0) is 42.0 Å². The first kappa shape index (κ1) is 22.0. The Morgan fingerprint density at radius 3 is 2.53 bits per heavy atom. The number of methoxy groups -OCH3 is 1. The van der Waals surface area contributed by atoms with Crippen LogP contribution < -0.4 is 5.32 Å². The van der Waals surface area contributed by atoms with E-state index in [4.69, 9.17) is 9.72 Å². The van der Waals surface area contributed by atoms with E-state index in [0.29, 0.717) is 19.1 Å². The molecule has 0 radical (unpaired) electrons. The first-order chi connectivity index (χ1) is 14.5. The van der Waals surface area contributed by atoms with Gasteiger partial charge in [0.05, 0.1) is 11.0 Å². The van der Waals surface area contributed by atoms with Crippen LogP contribution in [0.2, 0.25) is 0 Å². The fraction of sp³-hybridized carbons (Fsp3) is 0.440. The molecule has 1 amide bonds. The lowest BCUT2D eigenvalue weighted by Gasteiger charge is -2.16. The van der Waals surface area contributed by atoms with E-state index in [9.17, 15) is 4.79 Å². The summed E-state index contributed by atoms with van der Waals surface area (Å²) in [6.45, 7) is 8.15. The van der Waals surface area contributed by atoms with E-state index in [1.165, 1.54) is 11.1 Å². The van der Waals surface area contributed by atoms with Gasteiger partial charge in [-0.3, -0.25) is 4.79 Å². The van der Waals surface area contributed by atoms with Crippen molar-refractivity contribution < 1.29 is 9.53 Å². The van der Waals surface area contributed by atoms with E-state index in [2.05, 4.69) is 50.4 Å². The van der Waals surface area contributed by atoms with E-state index >= 15 is 0 Å². The lowest BCUT2D eigenvalue weighted by Crippen LogP contribution is -2.29. The van der Waals surface area contributed by atoms with Crippen molar-refractivity contribution in [3.63, 3.8) is 0 Å². The average Bonchev–Trinajstić information content (AvgIpc) is 3.09. The Morgan fingerprint density at radius 2 is 1.83 bits per heavy atom. The molecule has 0 spiro atoms. The maximum Gasteiger partial charge on any atom is 0.240 e. The molecule has 0 aliphatic rings. The van der Waals surface area contributed by atoms with Crippen LogP contribution in [0.1, 0.15) is 50.1 Å². The molecular formula is C25H33N3O2. The molecule has 0 saturated carbocycles. The summed E-state index contributed by atoms with van der Waals surface area (Å²) < 4.78 is 7.10. The van der Waals surface area contributed by atoms with Crippen molar-refractivity contribution in [3.05, 3.63) is 65.5 Å². The van der Waals surface area contributed by atoms with Gasteiger partial charge < -0.3 is 14.6 Å². The number of benzene rings is 2. The van der Waals surface area contributed by atoms with Gasteiger partial charge in [-0.1, -0.05) is 57.2 Å². The second kappa shape index (κ2) is 10.4. The van der Waals surface area contributed by atoms with Crippen LogP contribution in [0, 0.1) is 5.92 Å². The first-order valence-corrected chi connectivity index (χ1v) is 10.8. The predicted molar refractivity (Wildman–Crippen MR) is 122 cm³/mol. The maximum absolute atomic E-state index is 12.6. The number of hydrogen-bond donors (Lipinski definition) is 1. The van der Waals surface area contributed by atoms with Gasteiger partial charge >= 0.3 is 0 Å². The Morgan fingerprint density at radius 1 is 1.10 bits per heavy atom. The Kier molecular flexibility index (Phi) is 7.63. The van der Waals surface area contributed by atoms with Crippen LogP contribution in [0.25, 0.3) is 11.0 Å². The second-order valence-electron chi connectivity index (χ2n) is 8.30. The Bertz CT molecular complexity index is 960. The van der Waals surface area contributed by atoms with Crippen molar-refractivity contribution in [3.8, 4) is 0 Å². The summed E-state index contributed by atoms with van der Waals surface area (Å²) >= 11 is 0. The SMILES string of the molecule is COCCCNC(=O)Cn1c(C(C)c2ccc(CC(C)C)cc2)nc2ccccc21. The van der Waals surface area contributed by atoms with E-state index in [1.54, 1.807) is 7.11 Å². The monoisotopic (exact) mass is 407 g/mol. The van der Waals surface area contributed by atoms with E-state index in [0.717, 1.165) is 29.7 Å². The molecule has 0 fully saturated rings.